The van der Waals surface area contributed by atoms with E-state index in [1.807, 2.05) is 19.2 Å². The number of benzene rings is 1. The average Bonchev–Trinajstić information content (AvgIpc) is 2.95. The molecule has 5 nitrogen and oxygen atoms in total. The summed E-state index contributed by atoms with van der Waals surface area (Å²) in [6.45, 7) is 3.83. The highest BCUT2D eigenvalue weighted by Gasteiger charge is 2.23. The summed E-state index contributed by atoms with van der Waals surface area (Å²) < 4.78 is 15.6. The van der Waals surface area contributed by atoms with E-state index < -0.39 is 0 Å². The summed E-state index contributed by atoms with van der Waals surface area (Å²) in [5.74, 6) is 0.804. The Balaban J connectivity index is 1.56. The largest absolute Gasteiger partial charge is 0.369 e. The van der Waals surface area contributed by atoms with Crippen molar-refractivity contribution in [1.29, 1.82) is 0 Å². The van der Waals surface area contributed by atoms with Gasteiger partial charge in [-0.15, -0.1) is 0 Å². The molecule has 1 fully saturated rings. The Morgan fingerprint density at radius 3 is 2.64 bits per heavy atom. The van der Waals surface area contributed by atoms with Crippen molar-refractivity contribution in [2.24, 2.45) is 7.05 Å². The van der Waals surface area contributed by atoms with Crippen molar-refractivity contribution in [2.75, 3.05) is 18.0 Å². The lowest BCUT2D eigenvalue weighted by Crippen LogP contribution is -2.44. The van der Waals surface area contributed by atoms with Crippen LogP contribution in [0.25, 0.3) is 0 Å². The van der Waals surface area contributed by atoms with Crippen molar-refractivity contribution < 1.29 is 4.39 Å². The Bertz CT molecular complexity index is 619. The number of rotatable bonds is 4. The van der Waals surface area contributed by atoms with Crippen molar-refractivity contribution in [1.82, 2.24) is 20.1 Å². The van der Waals surface area contributed by atoms with Gasteiger partial charge in [0.25, 0.3) is 0 Å². The molecule has 1 N–H and O–H groups in total. The van der Waals surface area contributed by atoms with E-state index >= 15 is 0 Å². The molecule has 3 rings (SSSR count). The molecular formula is C16H22FN5. The summed E-state index contributed by atoms with van der Waals surface area (Å²) in [6.07, 6.45) is 3.57. The van der Waals surface area contributed by atoms with Gasteiger partial charge in [-0.05, 0) is 31.9 Å². The molecule has 0 bridgehead atoms. The van der Waals surface area contributed by atoms with Crippen LogP contribution in [0.3, 0.4) is 0 Å². The second kappa shape index (κ2) is 6.44. The van der Waals surface area contributed by atoms with Gasteiger partial charge in [0.05, 0.1) is 11.7 Å². The smallest absolute Gasteiger partial charge is 0.146 e. The van der Waals surface area contributed by atoms with Crippen molar-refractivity contribution in [3.63, 3.8) is 0 Å². The van der Waals surface area contributed by atoms with Crippen molar-refractivity contribution in [3.8, 4) is 0 Å². The summed E-state index contributed by atoms with van der Waals surface area (Å²) in [7, 11) is 1.90. The molecule has 6 heteroatoms. The standard InChI is InChI=1S/C16H22FN5/c1-12(16-18-11-19-21(16)2)20-13-7-9-22(10-8-13)15-6-4-3-5-14(15)17/h3-6,11-13,20H,7-10H2,1-2H3/t12-/m1/s1. The van der Waals surface area contributed by atoms with Crippen LogP contribution in [0.4, 0.5) is 10.1 Å². The van der Waals surface area contributed by atoms with Gasteiger partial charge in [0.15, 0.2) is 0 Å². The molecule has 1 saturated heterocycles. The SMILES string of the molecule is C[C@@H](NC1CCN(c2ccccc2F)CC1)c1ncnn1C. The van der Waals surface area contributed by atoms with Crippen molar-refractivity contribution in [2.45, 2.75) is 31.8 Å². The maximum atomic E-state index is 13.8. The summed E-state index contributed by atoms with van der Waals surface area (Å²) in [6, 6.07) is 7.59. The molecular weight excluding hydrogens is 281 g/mol. The lowest BCUT2D eigenvalue weighted by Gasteiger charge is -2.35. The molecule has 1 aliphatic rings. The number of hydrogen-bond acceptors (Lipinski definition) is 4. The topological polar surface area (TPSA) is 46.0 Å². The Hall–Kier alpha value is -1.95. The van der Waals surface area contributed by atoms with E-state index in [0.717, 1.165) is 31.8 Å². The zero-order valence-electron chi connectivity index (χ0n) is 13.0. The van der Waals surface area contributed by atoms with Crippen LogP contribution >= 0.6 is 0 Å². The maximum absolute atomic E-state index is 13.8. The zero-order chi connectivity index (χ0) is 15.5. The van der Waals surface area contributed by atoms with Crippen LogP contribution in [-0.2, 0) is 7.05 Å². The first-order valence-electron chi connectivity index (χ1n) is 7.74. The van der Waals surface area contributed by atoms with E-state index in [9.17, 15) is 4.39 Å². The minimum absolute atomic E-state index is 0.138. The predicted octanol–water partition coefficient (Wildman–Crippen LogP) is 2.27. The fraction of sp³-hybridized carbons (Fsp3) is 0.500. The molecule has 22 heavy (non-hydrogen) atoms. The molecule has 1 aliphatic heterocycles. The molecule has 2 aromatic rings. The Kier molecular flexibility index (Phi) is 4.38. The maximum Gasteiger partial charge on any atom is 0.146 e. The summed E-state index contributed by atoms with van der Waals surface area (Å²) in [4.78, 5) is 6.41. The molecule has 1 aromatic heterocycles. The number of nitrogens with zero attached hydrogens (tertiary/aromatic N) is 4. The van der Waals surface area contributed by atoms with E-state index in [4.69, 9.17) is 0 Å². The quantitative estimate of drug-likeness (QED) is 0.941. The number of aromatic nitrogens is 3. The van der Waals surface area contributed by atoms with Gasteiger partial charge in [0.1, 0.15) is 18.0 Å². The van der Waals surface area contributed by atoms with E-state index in [2.05, 4.69) is 27.2 Å². The summed E-state index contributed by atoms with van der Waals surface area (Å²) in [5, 5.41) is 7.71. The molecule has 0 spiro atoms. The number of hydrogen-bond donors (Lipinski definition) is 1. The first-order chi connectivity index (χ1) is 10.6. The van der Waals surface area contributed by atoms with Crippen LogP contribution in [0.2, 0.25) is 0 Å². The summed E-state index contributed by atoms with van der Waals surface area (Å²) >= 11 is 0. The Morgan fingerprint density at radius 2 is 2.00 bits per heavy atom. The number of nitrogens with one attached hydrogen (secondary N) is 1. The van der Waals surface area contributed by atoms with Crippen LogP contribution in [0.15, 0.2) is 30.6 Å². The molecule has 0 radical (unpaired) electrons. The minimum atomic E-state index is -0.138. The van der Waals surface area contributed by atoms with E-state index in [-0.39, 0.29) is 11.9 Å². The van der Waals surface area contributed by atoms with Crippen molar-refractivity contribution >= 4 is 5.69 Å². The number of anilines is 1. The van der Waals surface area contributed by atoms with Crippen LogP contribution < -0.4 is 10.2 Å². The third-order valence-corrected chi connectivity index (χ3v) is 4.31. The van der Waals surface area contributed by atoms with Gasteiger partial charge >= 0.3 is 0 Å². The highest BCUT2D eigenvalue weighted by atomic mass is 19.1. The predicted molar refractivity (Wildman–Crippen MR) is 84.2 cm³/mol. The molecule has 0 unspecified atom stereocenters. The summed E-state index contributed by atoms with van der Waals surface area (Å²) in [5.41, 5.74) is 0.710. The van der Waals surface area contributed by atoms with Crippen molar-refractivity contribution in [3.05, 3.63) is 42.2 Å². The first kappa shape index (κ1) is 15.0. The third kappa shape index (κ3) is 3.11. The van der Waals surface area contributed by atoms with E-state index in [1.165, 1.54) is 6.07 Å². The first-order valence-corrected chi connectivity index (χ1v) is 7.74. The van der Waals surface area contributed by atoms with Gasteiger partial charge in [0, 0.05) is 26.2 Å². The monoisotopic (exact) mass is 303 g/mol. The second-order valence-electron chi connectivity index (χ2n) is 5.84. The van der Waals surface area contributed by atoms with Crippen LogP contribution in [0, 0.1) is 5.82 Å². The third-order valence-electron chi connectivity index (χ3n) is 4.31. The van der Waals surface area contributed by atoms with Gasteiger partial charge in [0.2, 0.25) is 0 Å². The fourth-order valence-electron chi connectivity index (χ4n) is 3.12. The average molecular weight is 303 g/mol. The Labute approximate surface area is 130 Å². The molecule has 118 valence electrons. The number of piperidine rings is 1. The molecule has 0 aliphatic carbocycles. The lowest BCUT2D eigenvalue weighted by molar-refractivity contribution is 0.367. The van der Waals surface area contributed by atoms with Gasteiger partial charge in [-0.25, -0.2) is 9.37 Å². The van der Waals surface area contributed by atoms with E-state index in [1.54, 1.807) is 17.1 Å². The lowest BCUT2D eigenvalue weighted by atomic mass is 10.0. The second-order valence-corrected chi connectivity index (χ2v) is 5.84. The fourth-order valence-corrected chi connectivity index (χ4v) is 3.12. The highest BCUT2D eigenvalue weighted by molar-refractivity contribution is 5.47. The normalized spacial score (nSPS) is 17.7. The number of halogens is 1. The molecule has 2 heterocycles. The molecule has 0 saturated carbocycles. The number of aryl methyl sites for hydroxylation is 1. The minimum Gasteiger partial charge on any atom is -0.369 e. The van der Waals surface area contributed by atoms with Crippen LogP contribution in [0.5, 0.6) is 0 Å². The van der Waals surface area contributed by atoms with Gasteiger partial charge in [-0.3, -0.25) is 4.68 Å². The zero-order valence-corrected chi connectivity index (χ0v) is 13.0. The molecule has 1 aromatic carbocycles. The van der Waals surface area contributed by atoms with Gasteiger partial charge < -0.3 is 10.2 Å². The van der Waals surface area contributed by atoms with Gasteiger partial charge in [-0.2, -0.15) is 5.10 Å². The molecule has 0 amide bonds. The highest BCUT2D eigenvalue weighted by Crippen LogP contribution is 2.23. The van der Waals surface area contributed by atoms with Crippen LogP contribution in [0.1, 0.15) is 31.6 Å². The van der Waals surface area contributed by atoms with Gasteiger partial charge in [-0.1, -0.05) is 12.1 Å². The van der Waals surface area contributed by atoms with Crippen LogP contribution in [-0.4, -0.2) is 33.9 Å². The number of para-hydroxylation sites is 1. The van der Waals surface area contributed by atoms with E-state index in [0.29, 0.717) is 11.7 Å². The molecule has 1 atom stereocenters. The Morgan fingerprint density at radius 1 is 1.27 bits per heavy atom.